The van der Waals surface area contributed by atoms with Crippen LogP contribution in [-0.4, -0.2) is 32.0 Å². The van der Waals surface area contributed by atoms with Crippen molar-refractivity contribution >= 4 is 27.7 Å². The molecule has 0 radical (unpaired) electrons. The summed E-state index contributed by atoms with van der Waals surface area (Å²) in [7, 11) is -2.16. The minimum absolute atomic E-state index is 0.00505. The van der Waals surface area contributed by atoms with Crippen LogP contribution in [0.2, 0.25) is 0 Å². The van der Waals surface area contributed by atoms with E-state index < -0.39 is 15.8 Å². The molecule has 0 heterocycles. The number of nitrogens with two attached hydrogens (primary N) is 1. The minimum Gasteiger partial charge on any atom is -0.335 e. The SMILES string of the molecule is CC(c1ccc(S(N)(=O)=O)cc1)N(C)C(=O)c1ccc(SC(F)F)cc1. The quantitative estimate of drug-likeness (QED) is 0.753. The Hall–Kier alpha value is -1.97. The summed E-state index contributed by atoms with van der Waals surface area (Å²) in [4.78, 5) is 14.4. The van der Waals surface area contributed by atoms with Gasteiger partial charge < -0.3 is 4.90 Å². The number of alkyl halides is 2. The second-order valence-corrected chi connectivity index (χ2v) is 8.23. The van der Waals surface area contributed by atoms with Crippen LogP contribution in [0.4, 0.5) is 8.78 Å². The first-order chi connectivity index (χ1) is 12.1. The second kappa shape index (κ2) is 8.15. The van der Waals surface area contributed by atoms with Crippen molar-refractivity contribution in [3.8, 4) is 0 Å². The molecule has 0 aliphatic heterocycles. The highest BCUT2D eigenvalue weighted by Gasteiger charge is 2.20. The lowest BCUT2D eigenvalue weighted by Crippen LogP contribution is -2.29. The number of hydrogen-bond donors (Lipinski definition) is 1. The minimum atomic E-state index is -3.77. The van der Waals surface area contributed by atoms with Gasteiger partial charge >= 0.3 is 0 Å². The molecular weight excluding hydrogens is 382 g/mol. The average molecular weight is 400 g/mol. The van der Waals surface area contributed by atoms with Crippen molar-refractivity contribution in [3.05, 3.63) is 59.7 Å². The zero-order valence-corrected chi connectivity index (χ0v) is 15.7. The molecule has 1 amide bonds. The van der Waals surface area contributed by atoms with E-state index in [0.717, 1.165) is 5.56 Å². The summed E-state index contributed by atoms with van der Waals surface area (Å²) < 4.78 is 47.3. The monoisotopic (exact) mass is 400 g/mol. The van der Waals surface area contributed by atoms with Gasteiger partial charge in [-0.05, 0) is 48.9 Å². The standard InChI is InChI=1S/C17H18F2N2O3S2/c1-11(12-5-9-15(10-6-12)26(20,23)24)21(2)16(22)13-3-7-14(8-4-13)25-17(18)19/h3-11,17H,1-2H3,(H2,20,23,24). The van der Waals surface area contributed by atoms with Gasteiger partial charge in [0, 0.05) is 17.5 Å². The zero-order chi connectivity index (χ0) is 19.5. The number of benzene rings is 2. The summed E-state index contributed by atoms with van der Waals surface area (Å²) >= 11 is 0.416. The van der Waals surface area contributed by atoms with Crippen LogP contribution in [0.5, 0.6) is 0 Å². The van der Waals surface area contributed by atoms with Crippen LogP contribution >= 0.6 is 11.8 Å². The number of hydrogen-bond acceptors (Lipinski definition) is 4. The van der Waals surface area contributed by atoms with E-state index in [2.05, 4.69) is 0 Å². The number of rotatable bonds is 6. The lowest BCUT2D eigenvalue weighted by molar-refractivity contribution is 0.0742. The molecule has 0 spiro atoms. The first-order valence-electron chi connectivity index (χ1n) is 7.54. The van der Waals surface area contributed by atoms with Crippen molar-refractivity contribution in [3.63, 3.8) is 0 Å². The van der Waals surface area contributed by atoms with Crippen LogP contribution in [0.25, 0.3) is 0 Å². The number of thioether (sulfide) groups is 1. The Bertz CT molecular complexity index is 870. The largest absolute Gasteiger partial charge is 0.335 e. The molecule has 2 N–H and O–H groups in total. The molecule has 2 aromatic rings. The topological polar surface area (TPSA) is 80.5 Å². The van der Waals surface area contributed by atoms with E-state index >= 15 is 0 Å². The van der Waals surface area contributed by atoms with Crippen LogP contribution in [0.15, 0.2) is 58.3 Å². The van der Waals surface area contributed by atoms with Crippen molar-refractivity contribution in [1.82, 2.24) is 4.90 Å². The van der Waals surface area contributed by atoms with Crippen molar-refractivity contribution in [2.75, 3.05) is 7.05 Å². The van der Waals surface area contributed by atoms with Gasteiger partial charge in [0.25, 0.3) is 11.7 Å². The highest BCUT2D eigenvalue weighted by atomic mass is 32.2. The van der Waals surface area contributed by atoms with Gasteiger partial charge in [0.2, 0.25) is 10.0 Å². The van der Waals surface area contributed by atoms with E-state index in [-0.39, 0.29) is 16.8 Å². The van der Waals surface area contributed by atoms with Crippen molar-refractivity contribution in [2.24, 2.45) is 5.14 Å². The van der Waals surface area contributed by atoms with E-state index in [1.165, 1.54) is 41.3 Å². The van der Waals surface area contributed by atoms with E-state index in [4.69, 9.17) is 5.14 Å². The lowest BCUT2D eigenvalue weighted by atomic mass is 10.1. The highest BCUT2D eigenvalue weighted by Crippen LogP contribution is 2.26. The summed E-state index contributed by atoms with van der Waals surface area (Å²) in [6.07, 6.45) is 0. The Morgan fingerprint density at radius 3 is 2.08 bits per heavy atom. The maximum Gasteiger partial charge on any atom is 0.288 e. The third-order valence-corrected chi connectivity index (χ3v) is 5.57. The van der Waals surface area contributed by atoms with Gasteiger partial charge in [0.05, 0.1) is 10.9 Å². The molecule has 0 aromatic heterocycles. The molecule has 9 heteroatoms. The van der Waals surface area contributed by atoms with Gasteiger partial charge in [0.1, 0.15) is 0 Å². The van der Waals surface area contributed by atoms with Crippen LogP contribution in [0.1, 0.15) is 28.9 Å². The number of carbonyl (C=O) groups is 1. The van der Waals surface area contributed by atoms with Crippen LogP contribution in [-0.2, 0) is 10.0 Å². The molecule has 26 heavy (non-hydrogen) atoms. The zero-order valence-electron chi connectivity index (χ0n) is 14.1. The number of amides is 1. The Labute approximate surface area is 155 Å². The Morgan fingerprint density at radius 2 is 1.62 bits per heavy atom. The fraction of sp³-hybridized carbons (Fsp3) is 0.235. The smallest absolute Gasteiger partial charge is 0.288 e. The predicted octanol–water partition coefficient (Wildman–Crippen LogP) is 3.48. The van der Waals surface area contributed by atoms with E-state index in [1.807, 2.05) is 0 Å². The summed E-state index contributed by atoms with van der Waals surface area (Å²) in [5, 5.41) is 5.07. The fourth-order valence-corrected chi connectivity index (χ4v) is 3.33. The average Bonchev–Trinajstić information content (AvgIpc) is 2.59. The van der Waals surface area contributed by atoms with Gasteiger partial charge in [-0.2, -0.15) is 8.78 Å². The Balaban J connectivity index is 2.14. The molecule has 1 unspecified atom stereocenters. The third kappa shape index (κ3) is 5.03. The first kappa shape index (κ1) is 20.3. The summed E-state index contributed by atoms with van der Waals surface area (Å²) in [6, 6.07) is 11.6. The number of sulfonamides is 1. The summed E-state index contributed by atoms with van der Waals surface area (Å²) in [5.41, 5.74) is 1.11. The number of primary sulfonamides is 1. The first-order valence-corrected chi connectivity index (χ1v) is 9.97. The van der Waals surface area contributed by atoms with E-state index in [9.17, 15) is 22.0 Å². The van der Waals surface area contributed by atoms with Gasteiger partial charge in [-0.15, -0.1) is 0 Å². The molecule has 0 aliphatic carbocycles. The summed E-state index contributed by atoms with van der Waals surface area (Å²) in [5.74, 6) is -2.79. The maximum atomic E-state index is 12.6. The second-order valence-electron chi connectivity index (χ2n) is 5.61. The number of halogens is 2. The molecule has 0 saturated heterocycles. The molecule has 2 rings (SSSR count). The lowest BCUT2D eigenvalue weighted by Gasteiger charge is -2.25. The predicted molar refractivity (Wildman–Crippen MR) is 96.6 cm³/mol. The molecule has 0 bridgehead atoms. The van der Waals surface area contributed by atoms with Gasteiger partial charge in [-0.25, -0.2) is 13.6 Å². The molecule has 1 atom stereocenters. The van der Waals surface area contributed by atoms with E-state index in [1.54, 1.807) is 26.1 Å². The van der Waals surface area contributed by atoms with Gasteiger partial charge in [-0.3, -0.25) is 4.79 Å². The number of carbonyl (C=O) groups excluding carboxylic acids is 1. The molecule has 0 aliphatic rings. The molecule has 0 fully saturated rings. The molecule has 140 valence electrons. The van der Waals surface area contributed by atoms with Crippen molar-refractivity contribution in [1.29, 1.82) is 0 Å². The normalized spacial score (nSPS) is 12.8. The fourth-order valence-electron chi connectivity index (χ4n) is 2.32. The van der Waals surface area contributed by atoms with Gasteiger partial charge in [0.15, 0.2) is 0 Å². The van der Waals surface area contributed by atoms with Crippen molar-refractivity contribution in [2.45, 2.75) is 28.5 Å². The van der Waals surface area contributed by atoms with Crippen LogP contribution in [0, 0.1) is 0 Å². The third-order valence-electron chi connectivity index (χ3n) is 3.92. The van der Waals surface area contributed by atoms with Crippen LogP contribution in [0.3, 0.4) is 0 Å². The molecular formula is C17H18F2N2O3S2. The molecule has 5 nitrogen and oxygen atoms in total. The molecule has 0 saturated carbocycles. The summed E-state index contributed by atoms with van der Waals surface area (Å²) in [6.45, 7) is 1.80. The van der Waals surface area contributed by atoms with E-state index in [0.29, 0.717) is 22.2 Å². The Kier molecular flexibility index (Phi) is 6.38. The molecule has 2 aromatic carbocycles. The highest BCUT2D eigenvalue weighted by molar-refractivity contribution is 7.99. The maximum absolute atomic E-state index is 12.6. The van der Waals surface area contributed by atoms with Crippen molar-refractivity contribution < 1.29 is 22.0 Å². The number of nitrogens with zero attached hydrogens (tertiary/aromatic N) is 1. The van der Waals surface area contributed by atoms with Crippen LogP contribution < -0.4 is 5.14 Å². The van der Waals surface area contributed by atoms with Gasteiger partial charge in [-0.1, -0.05) is 23.9 Å². The Morgan fingerprint density at radius 1 is 1.08 bits per heavy atom.